The number of benzene rings is 1. The molecular weight excluding hydrogens is 296 g/mol. The molecule has 0 amide bonds. The number of aliphatic hydroxyl groups excluding tert-OH is 1. The highest BCUT2D eigenvalue weighted by molar-refractivity contribution is 5.43. The van der Waals surface area contributed by atoms with Gasteiger partial charge in [-0.3, -0.25) is 4.90 Å². The van der Waals surface area contributed by atoms with Gasteiger partial charge in [0, 0.05) is 26.2 Å². The average molecular weight is 324 g/mol. The predicted octanol–water partition coefficient (Wildman–Crippen LogP) is 0.877. The van der Waals surface area contributed by atoms with E-state index in [0.29, 0.717) is 18.0 Å². The topological polar surface area (TPSA) is 63.2 Å². The number of morpholine rings is 1. The van der Waals surface area contributed by atoms with Crippen LogP contribution in [0.5, 0.6) is 11.5 Å². The Balaban J connectivity index is 1.83. The first kappa shape index (κ1) is 18.0. The van der Waals surface area contributed by atoms with Crippen molar-refractivity contribution < 1.29 is 19.3 Å². The molecule has 2 rings (SSSR count). The molecule has 0 saturated carbocycles. The van der Waals surface area contributed by atoms with Gasteiger partial charge in [0.05, 0.1) is 20.3 Å². The number of rotatable bonds is 9. The van der Waals surface area contributed by atoms with E-state index >= 15 is 0 Å². The first-order valence-corrected chi connectivity index (χ1v) is 8.21. The molecule has 2 N–H and O–H groups in total. The van der Waals surface area contributed by atoms with Crippen LogP contribution in [0.3, 0.4) is 0 Å². The number of methoxy groups -OCH3 is 1. The molecule has 6 nitrogen and oxygen atoms in total. The van der Waals surface area contributed by atoms with Gasteiger partial charge >= 0.3 is 0 Å². The molecule has 0 spiro atoms. The Morgan fingerprint density at radius 3 is 2.78 bits per heavy atom. The van der Waals surface area contributed by atoms with E-state index in [4.69, 9.17) is 14.2 Å². The molecule has 1 aromatic carbocycles. The molecule has 1 aromatic rings. The van der Waals surface area contributed by atoms with Crippen molar-refractivity contribution in [1.29, 1.82) is 0 Å². The lowest BCUT2D eigenvalue weighted by Gasteiger charge is -2.28. The summed E-state index contributed by atoms with van der Waals surface area (Å²) in [6.45, 7) is 7.83. The molecule has 1 fully saturated rings. The second-order valence-corrected chi connectivity index (χ2v) is 5.64. The second-order valence-electron chi connectivity index (χ2n) is 5.64. The number of hydrogen-bond donors (Lipinski definition) is 2. The summed E-state index contributed by atoms with van der Waals surface area (Å²) in [4.78, 5) is 2.19. The van der Waals surface area contributed by atoms with Crippen molar-refractivity contribution in [3.63, 3.8) is 0 Å². The number of aliphatic hydroxyl groups is 1. The van der Waals surface area contributed by atoms with E-state index in [9.17, 15) is 5.11 Å². The van der Waals surface area contributed by atoms with E-state index < -0.39 is 6.10 Å². The minimum absolute atomic E-state index is 0.250. The van der Waals surface area contributed by atoms with Crippen molar-refractivity contribution in [1.82, 2.24) is 10.2 Å². The Bertz CT molecular complexity index is 464. The molecule has 1 heterocycles. The fourth-order valence-electron chi connectivity index (χ4n) is 2.53. The van der Waals surface area contributed by atoms with Gasteiger partial charge in [-0.25, -0.2) is 0 Å². The maximum atomic E-state index is 10.1. The summed E-state index contributed by atoms with van der Waals surface area (Å²) in [7, 11) is 1.63. The molecular formula is C17H28N2O4. The van der Waals surface area contributed by atoms with Crippen LogP contribution in [0.25, 0.3) is 0 Å². The summed E-state index contributed by atoms with van der Waals surface area (Å²) in [6, 6.07) is 5.87. The van der Waals surface area contributed by atoms with Crippen molar-refractivity contribution in [2.75, 3.05) is 53.1 Å². The summed E-state index contributed by atoms with van der Waals surface area (Å²) >= 11 is 0. The van der Waals surface area contributed by atoms with Crippen molar-refractivity contribution in [3.8, 4) is 11.5 Å². The summed E-state index contributed by atoms with van der Waals surface area (Å²) in [5, 5.41) is 13.4. The van der Waals surface area contributed by atoms with Crippen molar-refractivity contribution in [3.05, 3.63) is 23.8 Å². The fourth-order valence-corrected chi connectivity index (χ4v) is 2.53. The number of ether oxygens (including phenoxy) is 3. The summed E-state index contributed by atoms with van der Waals surface area (Å²) in [5.74, 6) is 1.35. The van der Waals surface area contributed by atoms with Gasteiger partial charge < -0.3 is 24.6 Å². The second kappa shape index (κ2) is 9.72. The molecule has 1 aliphatic rings. The Morgan fingerprint density at radius 2 is 2.09 bits per heavy atom. The van der Waals surface area contributed by atoms with Crippen LogP contribution in [0.4, 0.5) is 0 Å². The Kier molecular flexibility index (Phi) is 7.61. The van der Waals surface area contributed by atoms with Crippen LogP contribution in [0.1, 0.15) is 12.5 Å². The molecule has 0 unspecified atom stereocenters. The number of hydrogen-bond acceptors (Lipinski definition) is 6. The van der Waals surface area contributed by atoms with Crippen LogP contribution >= 0.6 is 0 Å². The van der Waals surface area contributed by atoms with Gasteiger partial charge in [0.25, 0.3) is 0 Å². The maximum absolute atomic E-state index is 10.1. The van der Waals surface area contributed by atoms with Crippen LogP contribution in [0.15, 0.2) is 18.2 Å². The third kappa shape index (κ3) is 5.99. The zero-order valence-electron chi connectivity index (χ0n) is 14.1. The maximum Gasteiger partial charge on any atom is 0.161 e. The predicted molar refractivity (Wildman–Crippen MR) is 89.1 cm³/mol. The van der Waals surface area contributed by atoms with E-state index in [2.05, 4.69) is 17.1 Å². The molecule has 0 aromatic heterocycles. The van der Waals surface area contributed by atoms with Gasteiger partial charge in [0.2, 0.25) is 0 Å². The van der Waals surface area contributed by atoms with Gasteiger partial charge in [0.1, 0.15) is 12.7 Å². The van der Waals surface area contributed by atoms with Gasteiger partial charge in [-0.2, -0.15) is 0 Å². The van der Waals surface area contributed by atoms with Gasteiger partial charge in [0.15, 0.2) is 11.5 Å². The molecule has 130 valence electrons. The Hall–Kier alpha value is -1.34. The quantitative estimate of drug-likeness (QED) is 0.703. The summed E-state index contributed by atoms with van der Waals surface area (Å²) < 4.78 is 16.4. The normalized spacial score (nSPS) is 17.0. The SMILES string of the molecule is CCNCc1ccc(OC[C@H](O)CN2CCOCC2)c(OC)c1. The third-order valence-corrected chi connectivity index (χ3v) is 3.81. The minimum Gasteiger partial charge on any atom is -0.493 e. The van der Waals surface area contributed by atoms with Crippen molar-refractivity contribution in [2.45, 2.75) is 19.6 Å². The van der Waals surface area contributed by atoms with E-state index in [1.165, 1.54) is 0 Å². The number of nitrogens with zero attached hydrogens (tertiary/aromatic N) is 1. The number of β-amino-alcohol motifs (C(OH)–C–C–N with tert-alkyl or cyclic N) is 1. The molecule has 23 heavy (non-hydrogen) atoms. The minimum atomic E-state index is -0.528. The zero-order chi connectivity index (χ0) is 16.5. The molecule has 6 heteroatoms. The van der Waals surface area contributed by atoms with E-state index in [1.54, 1.807) is 7.11 Å². The highest BCUT2D eigenvalue weighted by atomic mass is 16.5. The number of nitrogens with one attached hydrogen (secondary N) is 1. The Labute approximate surface area is 138 Å². The zero-order valence-corrected chi connectivity index (χ0v) is 14.1. The highest BCUT2D eigenvalue weighted by Crippen LogP contribution is 2.28. The van der Waals surface area contributed by atoms with Crippen molar-refractivity contribution >= 4 is 0 Å². The fraction of sp³-hybridized carbons (Fsp3) is 0.647. The molecule has 0 bridgehead atoms. The third-order valence-electron chi connectivity index (χ3n) is 3.81. The highest BCUT2D eigenvalue weighted by Gasteiger charge is 2.16. The summed E-state index contributed by atoms with van der Waals surface area (Å²) in [5.41, 5.74) is 1.14. The lowest BCUT2D eigenvalue weighted by molar-refractivity contribution is 0.00445. The smallest absolute Gasteiger partial charge is 0.161 e. The van der Waals surface area contributed by atoms with Crippen LogP contribution in [0, 0.1) is 0 Å². The molecule has 1 saturated heterocycles. The molecule has 1 aliphatic heterocycles. The van der Waals surface area contributed by atoms with Crippen LogP contribution in [0.2, 0.25) is 0 Å². The lowest BCUT2D eigenvalue weighted by Crippen LogP contribution is -2.42. The van der Waals surface area contributed by atoms with Crippen molar-refractivity contribution in [2.24, 2.45) is 0 Å². The summed E-state index contributed by atoms with van der Waals surface area (Å²) in [6.07, 6.45) is -0.528. The van der Waals surface area contributed by atoms with Gasteiger partial charge in [-0.05, 0) is 24.2 Å². The van der Waals surface area contributed by atoms with Crippen LogP contribution in [-0.4, -0.2) is 69.2 Å². The van der Waals surface area contributed by atoms with Crippen LogP contribution < -0.4 is 14.8 Å². The van der Waals surface area contributed by atoms with E-state index in [-0.39, 0.29) is 6.61 Å². The molecule has 1 atom stereocenters. The lowest BCUT2D eigenvalue weighted by atomic mass is 10.2. The monoisotopic (exact) mass is 324 g/mol. The van der Waals surface area contributed by atoms with E-state index in [1.807, 2.05) is 18.2 Å². The standard InChI is InChI=1S/C17H28N2O4/c1-3-18-11-14-4-5-16(17(10-14)21-2)23-13-15(20)12-19-6-8-22-9-7-19/h4-5,10,15,18,20H,3,6-9,11-13H2,1-2H3/t15-/m1/s1. The van der Waals surface area contributed by atoms with Gasteiger partial charge in [-0.1, -0.05) is 13.0 Å². The first-order chi connectivity index (χ1) is 11.2. The first-order valence-electron chi connectivity index (χ1n) is 8.21. The van der Waals surface area contributed by atoms with Gasteiger partial charge in [-0.15, -0.1) is 0 Å². The Morgan fingerprint density at radius 1 is 1.30 bits per heavy atom. The van der Waals surface area contributed by atoms with Crippen LogP contribution in [-0.2, 0) is 11.3 Å². The van der Waals surface area contributed by atoms with E-state index in [0.717, 1.165) is 45.0 Å². The molecule has 0 radical (unpaired) electrons. The largest absolute Gasteiger partial charge is 0.493 e. The molecule has 0 aliphatic carbocycles. The average Bonchev–Trinajstić information content (AvgIpc) is 2.59.